The van der Waals surface area contributed by atoms with Gasteiger partial charge in [0.05, 0.1) is 28.4 Å². The van der Waals surface area contributed by atoms with Crippen LogP contribution in [-0.2, 0) is 4.74 Å². The van der Waals surface area contributed by atoms with Crippen LogP contribution < -0.4 is 0 Å². The molecule has 0 aliphatic heterocycles. The van der Waals surface area contributed by atoms with Gasteiger partial charge in [-0.2, -0.15) is 4.39 Å². The van der Waals surface area contributed by atoms with Gasteiger partial charge < -0.3 is 4.74 Å². The van der Waals surface area contributed by atoms with Crippen molar-refractivity contribution in [3.63, 3.8) is 0 Å². The average Bonchev–Trinajstić information content (AvgIpc) is 2.37. The van der Waals surface area contributed by atoms with Crippen molar-refractivity contribution in [1.29, 1.82) is 0 Å². The molecule has 0 saturated heterocycles. The molecule has 2 aromatic rings. The molecule has 2 rings (SSSR count). The number of halogens is 4. The molecule has 0 unspecified atom stereocenters. The molecular weight excluding hydrogens is 328 g/mol. The predicted octanol–water partition coefficient (Wildman–Crippen LogP) is 4.63. The zero-order valence-electron chi connectivity index (χ0n) is 10.1. The van der Waals surface area contributed by atoms with Crippen molar-refractivity contribution in [3.05, 3.63) is 50.8 Å². The van der Waals surface area contributed by atoms with Crippen molar-refractivity contribution < 1.29 is 13.9 Å². The molecule has 0 saturated carbocycles. The minimum atomic E-state index is -0.769. The lowest BCUT2D eigenvalue weighted by Crippen LogP contribution is -2.06. The molecule has 7 heteroatoms. The molecule has 0 aliphatic carbocycles. The summed E-state index contributed by atoms with van der Waals surface area (Å²) >= 11 is 17.9. The molecular formula is C13H7Cl3FNO2. The Hall–Kier alpha value is -1.36. The SMILES string of the molecule is COC(=O)c1ccc(F)nc1-c1c(Cl)cc(Cl)cc1Cl. The van der Waals surface area contributed by atoms with E-state index in [0.717, 1.165) is 6.07 Å². The number of benzene rings is 1. The zero-order chi connectivity index (χ0) is 14.9. The van der Waals surface area contributed by atoms with Crippen LogP contribution in [0.4, 0.5) is 4.39 Å². The third-order valence-electron chi connectivity index (χ3n) is 2.51. The Balaban J connectivity index is 2.75. The highest BCUT2D eigenvalue weighted by molar-refractivity contribution is 6.42. The molecule has 0 atom stereocenters. The lowest BCUT2D eigenvalue weighted by molar-refractivity contribution is 0.0601. The van der Waals surface area contributed by atoms with Crippen molar-refractivity contribution >= 4 is 40.8 Å². The number of pyridine rings is 1. The summed E-state index contributed by atoms with van der Waals surface area (Å²) in [5, 5.41) is 0.635. The third kappa shape index (κ3) is 2.87. The van der Waals surface area contributed by atoms with E-state index in [-0.39, 0.29) is 26.9 Å². The summed E-state index contributed by atoms with van der Waals surface area (Å²) in [6.45, 7) is 0. The second kappa shape index (κ2) is 5.95. The summed E-state index contributed by atoms with van der Waals surface area (Å²) in [4.78, 5) is 15.4. The van der Waals surface area contributed by atoms with Gasteiger partial charge in [0.15, 0.2) is 0 Å². The smallest absolute Gasteiger partial charge is 0.340 e. The van der Waals surface area contributed by atoms with Crippen LogP contribution in [0, 0.1) is 5.95 Å². The second-order valence-corrected chi connectivity index (χ2v) is 5.02. The Kier molecular flexibility index (Phi) is 4.48. The maximum atomic E-state index is 13.4. The number of methoxy groups -OCH3 is 1. The highest BCUT2D eigenvalue weighted by Crippen LogP contribution is 2.38. The number of carbonyl (C=O) groups excluding carboxylic acids is 1. The molecule has 1 aromatic carbocycles. The zero-order valence-corrected chi connectivity index (χ0v) is 12.4. The first-order valence-electron chi connectivity index (χ1n) is 5.34. The molecule has 104 valence electrons. The van der Waals surface area contributed by atoms with E-state index in [1.807, 2.05) is 0 Å². The number of ether oxygens (including phenoxy) is 1. The Bertz CT molecular complexity index is 668. The molecule has 3 nitrogen and oxygen atoms in total. The maximum Gasteiger partial charge on any atom is 0.340 e. The highest BCUT2D eigenvalue weighted by Gasteiger charge is 2.20. The van der Waals surface area contributed by atoms with Gasteiger partial charge in [-0.3, -0.25) is 0 Å². The fourth-order valence-corrected chi connectivity index (χ4v) is 2.66. The standard InChI is InChI=1S/C13H7Cl3FNO2/c1-20-13(19)7-2-3-10(17)18-12(7)11-8(15)4-6(14)5-9(11)16/h2-5H,1H3. The van der Waals surface area contributed by atoms with E-state index in [1.54, 1.807) is 0 Å². The van der Waals surface area contributed by atoms with E-state index >= 15 is 0 Å². The first kappa shape index (κ1) is 15.0. The quantitative estimate of drug-likeness (QED) is 0.593. The van der Waals surface area contributed by atoms with E-state index in [4.69, 9.17) is 34.8 Å². The number of rotatable bonds is 2. The van der Waals surface area contributed by atoms with Crippen LogP contribution in [0.25, 0.3) is 11.3 Å². The summed E-state index contributed by atoms with van der Waals surface area (Å²) in [6.07, 6.45) is 0. The van der Waals surface area contributed by atoms with E-state index in [0.29, 0.717) is 5.02 Å². The Morgan fingerprint density at radius 1 is 1.20 bits per heavy atom. The van der Waals surface area contributed by atoms with Crippen LogP contribution in [0.15, 0.2) is 24.3 Å². The molecule has 0 aliphatic rings. The highest BCUT2D eigenvalue weighted by atomic mass is 35.5. The summed E-state index contributed by atoms with van der Waals surface area (Å²) in [5.41, 5.74) is 0.279. The Morgan fingerprint density at radius 3 is 2.35 bits per heavy atom. The van der Waals surface area contributed by atoms with Crippen LogP contribution in [0.5, 0.6) is 0 Å². The van der Waals surface area contributed by atoms with Crippen LogP contribution in [0.1, 0.15) is 10.4 Å². The normalized spacial score (nSPS) is 10.4. The van der Waals surface area contributed by atoms with Crippen LogP contribution in [-0.4, -0.2) is 18.1 Å². The predicted molar refractivity (Wildman–Crippen MR) is 76.0 cm³/mol. The number of hydrogen-bond acceptors (Lipinski definition) is 3. The molecule has 1 aromatic heterocycles. The van der Waals surface area contributed by atoms with Gasteiger partial charge in [0.25, 0.3) is 0 Å². The maximum absolute atomic E-state index is 13.4. The Morgan fingerprint density at radius 2 is 1.80 bits per heavy atom. The van der Waals surface area contributed by atoms with Crippen molar-refractivity contribution in [1.82, 2.24) is 4.98 Å². The van der Waals surface area contributed by atoms with Gasteiger partial charge in [-0.25, -0.2) is 9.78 Å². The van der Waals surface area contributed by atoms with Gasteiger partial charge in [0, 0.05) is 10.6 Å². The number of carbonyl (C=O) groups is 1. The number of esters is 1. The van der Waals surface area contributed by atoms with E-state index in [9.17, 15) is 9.18 Å². The molecule has 0 radical (unpaired) electrons. The number of hydrogen-bond donors (Lipinski definition) is 0. The van der Waals surface area contributed by atoms with E-state index < -0.39 is 11.9 Å². The van der Waals surface area contributed by atoms with Gasteiger partial charge in [-0.15, -0.1) is 0 Å². The van der Waals surface area contributed by atoms with Gasteiger partial charge in [-0.05, 0) is 24.3 Å². The monoisotopic (exact) mass is 333 g/mol. The van der Waals surface area contributed by atoms with E-state index in [2.05, 4.69) is 9.72 Å². The summed E-state index contributed by atoms with van der Waals surface area (Å²) < 4.78 is 18.0. The van der Waals surface area contributed by atoms with Crippen molar-refractivity contribution in [2.45, 2.75) is 0 Å². The molecule has 0 spiro atoms. The van der Waals surface area contributed by atoms with Gasteiger partial charge >= 0.3 is 5.97 Å². The van der Waals surface area contributed by atoms with Crippen molar-refractivity contribution in [2.75, 3.05) is 7.11 Å². The molecule has 0 fully saturated rings. The minimum Gasteiger partial charge on any atom is -0.465 e. The number of aromatic nitrogens is 1. The summed E-state index contributed by atoms with van der Waals surface area (Å²) in [6, 6.07) is 5.16. The van der Waals surface area contributed by atoms with E-state index in [1.165, 1.54) is 25.3 Å². The van der Waals surface area contributed by atoms with Crippen LogP contribution in [0.3, 0.4) is 0 Å². The first-order chi connectivity index (χ1) is 9.43. The topological polar surface area (TPSA) is 39.2 Å². The minimum absolute atomic E-state index is 0.00326. The molecule has 1 heterocycles. The summed E-state index contributed by atoms with van der Waals surface area (Å²) in [7, 11) is 1.21. The molecule has 0 N–H and O–H groups in total. The summed E-state index contributed by atoms with van der Waals surface area (Å²) in [5.74, 6) is -1.44. The Labute approximate surface area is 129 Å². The molecule has 20 heavy (non-hydrogen) atoms. The average molecular weight is 335 g/mol. The van der Waals surface area contributed by atoms with Crippen LogP contribution >= 0.6 is 34.8 Å². The second-order valence-electron chi connectivity index (χ2n) is 3.77. The van der Waals surface area contributed by atoms with Crippen LogP contribution in [0.2, 0.25) is 15.1 Å². The number of nitrogens with zero attached hydrogens (tertiary/aromatic N) is 1. The van der Waals surface area contributed by atoms with Gasteiger partial charge in [0.2, 0.25) is 5.95 Å². The fraction of sp³-hybridized carbons (Fsp3) is 0.0769. The third-order valence-corrected chi connectivity index (χ3v) is 3.32. The molecule has 0 bridgehead atoms. The fourth-order valence-electron chi connectivity index (χ4n) is 1.67. The van der Waals surface area contributed by atoms with Crippen molar-refractivity contribution in [3.8, 4) is 11.3 Å². The molecule has 0 amide bonds. The van der Waals surface area contributed by atoms with Crippen molar-refractivity contribution in [2.24, 2.45) is 0 Å². The van der Waals surface area contributed by atoms with Gasteiger partial charge in [0.1, 0.15) is 0 Å². The lowest BCUT2D eigenvalue weighted by Gasteiger charge is -2.11. The first-order valence-corrected chi connectivity index (χ1v) is 6.47. The lowest BCUT2D eigenvalue weighted by atomic mass is 10.1. The van der Waals surface area contributed by atoms with Gasteiger partial charge in [-0.1, -0.05) is 34.8 Å². The largest absolute Gasteiger partial charge is 0.465 e.